The first-order chi connectivity index (χ1) is 17.3. The van der Waals surface area contributed by atoms with Gasteiger partial charge in [-0.3, -0.25) is 9.36 Å². The molecule has 0 unspecified atom stereocenters. The zero-order valence-electron chi connectivity index (χ0n) is 19.7. The molecule has 1 atom stereocenters. The quantitative estimate of drug-likeness (QED) is 0.302. The first-order valence-electron chi connectivity index (χ1n) is 10.8. The highest BCUT2D eigenvalue weighted by Gasteiger charge is 2.35. The number of allylic oxidation sites excluding steroid dienone is 1. The van der Waals surface area contributed by atoms with Crippen molar-refractivity contribution < 1.29 is 19.0 Å². The summed E-state index contributed by atoms with van der Waals surface area (Å²) >= 11 is 11.0. The van der Waals surface area contributed by atoms with Crippen LogP contribution in [0.2, 0.25) is 5.02 Å². The van der Waals surface area contributed by atoms with Crippen molar-refractivity contribution in [1.82, 2.24) is 4.57 Å². The monoisotopic (exact) mass is 588 g/mol. The van der Waals surface area contributed by atoms with E-state index in [1.54, 1.807) is 37.3 Å². The predicted molar refractivity (Wildman–Crippen MR) is 144 cm³/mol. The normalized spacial score (nSPS) is 15.2. The molecule has 4 rings (SSSR count). The molecule has 1 aliphatic rings. The maximum Gasteiger partial charge on any atom is 0.338 e. The zero-order valence-corrected chi connectivity index (χ0v) is 22.9. The Kier molecular flexibility index (Phi) is 7.82. The lowest BCUT2D eigenvalue weighted by Crippen LogP contribution is -2.40. The molecule has 0 bridgehead atoms. The fourth-order valence-electron chi connectivity index (χ4n) is 3.96. The predicted octanol–water partition coefficient (Wildman–Crippen LogP) is 4.40. The second kappa shape index (κ2) is 10.9. The number of esters is 1. The number of nitrogens with zero attached hydrogens (tertiary/aromatic N) is 2. The van der Waals surface area contributed by atoms with Gasteiger partial charge in [-0.25, -0.2) is 9.79 Å². The van der Waals surface area contributed by atoms with Crippen LogP contribution in [-0.4, -0.2) is 31.4 Å². The molecule has 0 fully saturated rings. The second-order valence-electron chi connectivity index (χ2n) is 7.74. The number of methoxy groups -OCH3 is 2. The largest absolute Gasteiger partial charge is 0.496 e. The fourth-order valence-corrected chi connectivity index (χ4v) is 5.56. The molecule has 0 radical (unpaired) electrons. The number of carbonyl (C=O) groups is 1. The van der Waals surface area contributed by atoms with Crippen LogP contribution in [0.3, 0.4) is 0 Å². The van der Waals surface area contributed by atoms with E-state index < -0.39 is 12.0 Å². The zero-order chi connectivity index (χ0) is 26.0. The van der Waals surface area contributed by atoms with Gasteiger partial charge >= 0.3 is 5.97 Å². The Morgan fingerprint density at radius 2 is 2.00 bits per heavy atom. The number of halogens is 2. The SMILES string of the molecule is C=CCOc1ccc(Br)cc1/C=c1\sc2n(c1=O)[C@@H](c1cc(Cl)ccc1OC)C(C(=O)OC)=C(C)N=2. The summed E-state index contributed by atoms with van der Waals surface area (Å²) in [6.45, 7) is 5.72. The molecule has 2 aromatic carbocycles. The highest BCUT2D eigenvalue weighted by atomic mass is 79.9. The maximum absolute atomic E-state index is 13.8. The minimum Gasteiger partial charge on any atom is -0.496 e. The van der Waals surface area contributed by atoms with E-state index in [0.717, 1.165) is 4.47 Å². The first kappa shape index (κ1) is 25.9. The summed E-state index contributed by atoms with van der Waals surface area (Å²) in [5.74, 6) is 0.482. The second-order valence-corrected chi connectivity index (χ2v) is 10.1. The third kappa shape index (κ3) is 4.91. The topological polar surface area (TPSA) is 79.1 Å². The minimum atomic E-state index is -0.844. The van der Waals surface area contributed by atoms with Crippen LogP contribution in [0, 0.1) is 0 Å². The van der Waals surface area contributed by atoms with Crippen molar-refractivity contribution in [2.45, 2.75) is 13.0 Å². The Hall–Kier alpha value is -3.14. The lowest BCUT2D eigenvalue weighted by Gasteiger charge is -2.25. The van der Waals surface area contributed by atoms with E-state index in [1.165, 1.54) is 30.1 Å². The summed E-state index contributed by atoms with van der Waals surface area (Å²) in [6, 6.07) is 9.74. The molecular formula is C26H22BrClN2O5S. The van der Waals surface area contributed by atoms with Crippen LogP contribution >= 0.6 is 38.9 Å². The molecule has 0 saturated heterocycles. The van der Waals surface area contributed by atoms with Gasteiger partial charge in [-0.15, -0.1) is 0 Å². The average Bonchev–Trinajstić information content (AvgIpc) is 3.16. The van der Waals surface area contributed by atoms with Gasteiger partial charge in [0, 0.05) is 20.6 Å². The van der Waals surface area contributed by atoms with Crippen molar-refractivity contribution in [3.63, 3.8) is 0 Å². The number of hydrogen-bond acceptors (Lipinski definition) is 7. The number of fused-ring (bicyclic) bond motifs is 1. The molecule has 1 aliphatic heterocycles. The molecule has 2 heterocycles. The van der Waals surface area contributed by atoms with Gasteiger partial charge in [0.2, 0.25) is 0 Å². The lowest BCUT2D eigenvalue weighted by atomic mass is 9.95. The number of aromatic nitrogens is 1. The Bertz CT molecular complexity index is 1570. The van der Waals surface area contributed by atoms with Gasteiger partial charge in [-0.1, -0.05) is 51.5 Å². The smallest absolute Gasteiger partial charge is 0.338 e. The number of carbonyl (C=O) groups excluding carboxylic acids is 1. The number of thiazole rings is 1. The molecule has 36 heavy (non-hydrogen) atoms. The Balaban J connectivity index is 2.00. The van der Waals surface area contributed by atoms with Crippen molar-refractivity contribution in [3.05, 3.63) is 101 Å². The Morgan fingerprint density at radius 3 is 2.69 bits per heavy atom. The molecule has 0 spiro atoms. The number of benzene rings is 2. The molecule has 0 N–H and O–H groups in total. The summed E-state index contributed by atoms with van der Waals surface area (Å²) in [4.78, 5) is 31.7. The Morgan fingerprint density at radius 1 is 1.25 bits per heavy atom. The summed E-state index contributed by atoms with van der Waals surface area (Å²) in [7, 11) is 2.81. The number of ether oxygens (including phenoxy) is 3. The van der Waals surface area contributed by atoms with Crippen LogP contribution in [0.5, 0.6) is 11.5 Å². The molecule has 3 aromatic rings. The third-order valence-corrected chi connectivity index (χ3v) is 7.24. The van der Waals surface area contributed by atoms with Crippen LogP contribution < -0.4 is 24.4 Å². The van der Waals surface area contributed by atoms with Crippen LogP contribution in [0.15, 0.2) is 74.6 Å². The van der Waals surface area contributed by atoms with Crippen molar-refractivity contribution in [1.29, 1.82) is 0 Å². The van der Waals surface area contributed by atoms with Crippen molar-refractivity contribution in [2.24, 2.45) is 4.99 Å². The minimum absolute atomic E-state index is 0.231. The van der Waals surface area contributed by atoms with Crippen molar-refractivity contribution in [3.8, 4) is 11.5 Å². The van der Waals surface area contributed by atoms with E-state index in [-0.39, 0.29) is 11.1 Å². The van der Waals surface area contributed by atoms with Gasteiger partial charge in [0.1, 0.15) is 24.1 Å². The van der Waals surface area contributed by atoms with Gasteiger partial charge < -0.3 is 14.2 Å². The average molecular weight is 590 g/mol. The van der Waals surface area contributed by atoms with Gasteiger partial charge in [-0.2, -0.15) is 0 Å². The first-order valence-corrected chi connectivity index (χ1v) is 12.7. The number of rotatable bonds is 7. The van der Waals surface area contributed by atoms with Crippen LogP contribution in [0.1, 0.15) is 24.1 Å². The molecule has 1 aromatic heterocycles. The molecule has 0 saturated carbocycles. The number of hydrogen-bond donors (Lipinski definition) is 0. The Labute approximate surface area is 224 Å². The summed E-state index contributed by atoms with van der Waals surface area (Å²) in [6.07, 6.45) is 3.39. The van der Waals surface area contributed by atoms with Crippen molar-refractivity contribution in [2.75, 3.05) is 20.8 Å². The van der Waals surface area contributed by atoms with E-state index in [4.69, 9.17) is 25.8 Å². The highest BCUT2D eigenvalue weighted by Crippen LogP contribution is 2.37. The van der Waals surface area contributed by atoms with Crippen LogP contribution in [-0.2, 0) is 9.53 Å². The third-order valence-electron chi connectivity index (χ3n) is 5.53. The summed E-state index contributed by atoms with van der Waals surface area (Å²) in [5.41, 5.74) is 1.60. The van der Waals surface area contributed by atoms with E-state index >= 15 is 0 Å². The van der Waals surface area contributed by atoms with Gasteiger partial charge in [0.25, 0.3) is 5.56 Å². The lowest BCUT2D eigenvalue weighted by molar-refractivity contribution is -0.136. The molecule has 0 amide bonds. The maximum atomic E-state index is 13.8. The molecule has 0 aliphatic carbocycles. The van der Waals surface area contributed by atoms with Crippen molar-refractivity contribution >= 4 is 50.9 Å². The van der Waals surface area contributed by atoms with E-state index in [2.05, 4.69) is 27.5 Å². The molecular weight excluding hydrogens is 568 g/mol. The summed E-state index contributed by atoms with van der Waals surface area (Å²) in [5, 5.41) is 0.435. The molecule has 7 nitrogen and oxygen atoms in total. The standard InChI is InChI=1S/C26H22BrClN2O5S/c1-5-10-35-19-8-6-16(27)11-15(19)12-21-24(31)30-23(18-13-17(28)7-9-20(18)33-3)22(25(32)34-4)14(2)29-26(30)36-21/h5-9,11-13,23H,1,10H2,2-4H3/b21-12-/t23-/m0/s1. The molecule has 186 valence electrons. The fraction of sp³-hybridized carbons (Fsp3) is 0.192. The summed E-state index contributed by atoms with van der Waals surface area (Å²) < 4.78 is 19.1. The highest BCUT2D eigenvalue weighted by molar-refractivity contribution is 9.10. The van der Waals surface area contributed by atoms with E-state index in [1.807, 2.05) is 18.2 Å². The van der Waals surface area contributed by atoms with Gasteiger partial charge in [0.05, 0.1) is 30.0 Å². The van der Waals surface area contributed by atoms with Gasteiger partial charge in [-0.05, 0) is 49.4 Å². The van der Waals surface area contributed by atoms with E-state index in [0.29, 0.717) is 49.3 Å². The van der Waals surface area contributed by atoms with Crippen LogP contribution in [0.4, 0.5) is 0 Å². The van der Waals surface area contributed by atoms with Gasteiger partial charge in [0.15, 0.2) is 4.80 Å². The molecule has 10 heteroatoms. The van der Waals surface area contributed by atoms with Crippen LogP contribution in [0.25, 0.3) is 6.08 Å². The van der Waals surface area contributed by atoms with E-state index in [9.17, 15) is 9.59 Å².